The van der Waals surface area contributed by atoms with Crippen LogP contribution in [0, 0.1) is 11.8 Å². The minimum atomic E-state index is -0.854. The Balaban J connectivity index is 4.28. The summed E-state index contributed by atoms with van der Waals surface area (Å²) in [5.41, 5.74) is 0. The van der Waals surface area contributed by atoms with Crippen molar-refractivity contribution >= 4 is 11.9 Å². The second kappa shape index (κ2) is 8.09. The van der Waals surface area contributed by atoms with Gasteiger partial charge in [0, 0.05) is 19.5 Å². The van der Waals surface area contributed by atoms with E-state index in [0.717, 1.165) is 6.42 Å². The van der Waals surface area contributed by atoms with Crippen molar-refractivity contribution in [3.8, 4) is 0 Å². The summed E-state index contributed by atoms with van der Waals surface area (Å²) in [7, 11) is 0. The number of nitrogens with zero attached hydrogens (tertiary/aromatic N) is 1. The summed E-state index contributed by atoms with van der Waals surface area (Å²) >= 11 is 0. The second-order valence-corrected chi connectivity index (χ2v) is 4.73. The van der Waals surface area contributed by atoms with Crippen LogP contribution in [-0.4, -0.2) is 35.0 Å². The maximum atomic E-state index is 12.0. The average Bonchev–Trinajstić information content (AvgIpc) is 2.25. The Morgan fingerprint density at radius 1 is 1.24 bits per heavy atom. The molecule has 0 fully saturated rings. The minimum Gasteiger partial charge on any atom is -0.481 e. The largest absolute Gasteiger partial charge is 0.481 e. The zero-order valence-corrected chi connectivity index (χ0v) is 11.4. The molecular weight excluding hydrogens is 218 g/mol. The fraction of sp³-hybridized carbons (Fsp3) is 0.846. The van der Waals surface area contributed by atoms with Crippen molar-refractivity contribution in [2.75, 3.05) is 13.1 Å². The van der Waals surface area contributed by atoms with Crippen molar-refractivity contribution < 1.29 is 14.7 Å². The zero-order chi connectivity index (χ0) is 13.4. The van der Waals surface area contributed by atoms with Crippen LogP contribution in [0.2, 0.25) is 0 Å². The van der Waals surface area contributed by atoms with Gasteiger partial charge >= 0.3 is 5.97 Å². The van der Waals surface area contributed by atoms with Gasteiger partial charge in [-0.1, -0.05) is 27.2 Å². The fourth-order valence-corrected chi connectivity index (χ4v) is 1.89. The molecule has 100 valence electrons. The molecule has 0 aliphatic carbocycles. The first-order chi connectivity index (χ1) is 7.92. The van der Waals surface area contributed by atoms with E-state index in [1.54, 1.807) is 4.90 Å². The molecule has 0 spiro atoms. The van der Waals surface area contributed by atoms with Crippen LogP contribution in [0.15, 0.2) is 0 Å². The van der Waals surface area contributed by atoms with Gasteiger partial charge in [0.25, 0.3) is 0 Å². The Kier molecular flexibility index (Phi) is 7.59. The molecule has 4 heteroatoms. The molecular formula is C13H25NO3. The molecule has 0 aromatic carbocycles. The van der Waals surface area contributed by atoms with Crippen LogP contribution in [0.1, 0.15) is 47.0 Å². The molecule has 1 atom stereocenters. The lowest BCUT2D eigenvalue weighted by molar-refractivity contribution is -0.138. The molecule has 0 aromatic rings. The topological polar surface area (TPSA) is 57.6 Å². The summed E-state index contributed by atoms with van der Waals surface area (Å²) in [6.07, 6.45) is 1.54. The van der Waals surface area contributed by atoms with E-state index in [-0.39, 0.29) is 12.3 Å². The van der Waals surface area contributed by atoms with E-state index in [1.165, 1.54) is 0 Å². The van der Waals surface area contributed by atoms with Crippen LogP contribution >= 0.6 is 0 Å². The van der Waals surface area contributed by atoms with Gasteiger partial charge in [-0.25, -0.2) is 0 Å². The first kappa shape index (κ1) is 15.9. The highest BCUT2D eigenvalue weighted by atomic mass is 16.4. The van der Waals surface area contributed by atoms with Gasteiger partial charge in [0.2, 0.25) is 5.91 Å². The van der Waals surface area contributed by atoms with E-state index in [0.29, 0.717) is 31.3 Å². The van der Waals surface area contributed by atoms with Crippen molar-refractivity contribution in [1.82, 2.24) is 4.90 Å². The van der Waals surface area contributed by atoms with Gasteiger partial charge in [0.05, 0.1) is 6.42 Å². The van der Waals surface area contributed by atoms with Gasteiger partial charge in [-0.05, 0) is 18.8 Å². The van der Waals surface area contributed by atoms with Crippen molar-refractivity contribution in [3.63, 3.8) is 0 Å². The highest BCUT2D eigenvalue weighted by Crippen LogP contribution is 2.19. The Morgan fingerprint density at radius 3 is 2.18 bits per heavy atom. The molecule has 0 aliphatic heterocycles. The van der Waals surface area contributed by atoms with Crippen LogP contribution in [-0.2, 0) is 9.59 Å². The van der Waals surface area contributed by atoms with Crippen LogP contribution < -0.4 is 0 Å². The van der Waals surface area contributed by atoms with Gasteiger partial charge < -0.3 is 10.0 Å². The Hall–Kier alpha value is -1.06. The number of hydrogen-bond donors (Lipinski definition) is 1. The fourth-order valence-electron chi connectivity index (χ4n) is 1.89. The van der Waals surface area contributed by atoms with E-state index in [9.17, 15) is 9.59 Å². The number of aliphatic carboxylic acids is 1. The molecule has 0 radical (unpaired) electrons. The first-order valence-electron chi connectivity index (χ1n) is 6.41. The Labute approximate surface area is 104 Å². The minimum absolute atomic E-state index is 0.0258. The van der Waals surface area contributed by atoms with Crippen molar-refractivity contribution in [2.45, 2.75) is 47.0 Å². The lowest BCUT2D eigenvalue weighted by atomic mass is 9.89. The van der Waals surface area contributed by atoms with Crippen LogP contribution in [0.25, 0.3) is 0 Å². The number of carboxylic acids is 1. The van der Waals surface area contributed by atoms with Crippen LogP contribution in [0.5, 0.6) is 0 Å². The van der Waals surface area contributed by atoms with Crippen LogP contribution in [0.3, 0.4) is 0 Å². The van der Waals surface area contributed by atoms with Gasteiger partial charge in [0.1, 0.15) is 0 Å². The summed E-state index contributed by atoms with van der Waals surface area (Å²) in [6.45, 7) is 9.12. The third-order valence-corrected chi connectivity index (χ3v) is 3.23. The zero-order valence-electron chi connectivity index (χ0n) is 11.4. The van der Waals surface area contributed by atoms with Gasteiger partial charge in [0.15, 0.2) is 0 Å². The summed E-state index contributed by atoms with van der Waals surface area (Å²) in [5.74, 6) is 0.102. The van der Waals surface area contributed by atoms with E-state index in [2.05, 4.69) is 20.8 Å². The summed E-state index contributed by atoms with van der Waals surface area (Å²) < 4.78 is 0. The number of amides is 1. The van der Waals surface area contributed by atoms with E-state index >= 15 is 0 Å². The summed E-state index contributed by atoms with van der Waals surface area (Å²) in [4.78, 5) is 24.1. The molecule has 0 saturated heterocycles. The molecule has 0 aliphatic rings. The van der Waals surface area contributed by atoms with E-state index in [1.807, 2.05) is 6.92 Å². The van der Waals surface area contributed by atoms with Gasteiger partial charge in [-0.3, -0.25) is 9.59 Å². The number of carbonyl (C=O) groups excluding carboxylic acids is 1. The van der Waals surface area contributed by atoms with Crippen molar-refractivity contribution in [2.24, 2.45) is 11.8 Å². The molecule has 1 N–H and O–H groups in total. The SMILES string of the molecule is CCC(CC(=O)N(CC)CCC(=O)O)C(C)C. The molecule has 0 aromatic heterocycles. The third kappa shape index (κ3) is 6.29. The first-order valence-corrected chi connectivity index (χ1v) is 6.41. The normalized spacial score (nSPS) is 12.5. The highest BCUT2D eigenvalue weighted by molar-refractivity contribution is 5.77. The molecule has 1 amide bonds. The standard InChI is InChI=1S/C13H25NO3/c1-5-11(10(3)4)9-12(15)14(6-2)8-7-13(16)17/h10-11H,5-9H2,1-4H3,(H,16,17). The van der Waals surface area contributed by atoms with Crippen molar-refractivity contribution in [3.05, 3.63) is 0 Å². The second-order valence-electron chi connectivity index (χ2n) is 4.73. The Bertz CT molecular complexity index is 251. The molecule has 0 bridgehead atoms. The van der Waals surface area contributed by atoms with Crippen LogP contribution in [0.4, 0.5) is 0 Å². The number of carbonyl (C=O) groups is 2. The monoisotopic (exact) mass is 243 g/mol. The maximum Gasteiger partial charge on any atom is 0.305 e. The predicted molar refractivity (Wildman–Crippen MR) is 67.7 cm³/mol. The van der Waals surface area contributed by atoms with E-state index < -0.39 is 5.97 Å². The molecule has 4 nitrogen and oxygen atoms in total. The maximum absolute atomic E-state index is 12.0. The molecule has 17 heavy (non-hydrogen) atoms. The van der Waals surface area contributed by atoms with Gasteiger partial charge in [-0.15, -0.1) is 0 Å². The lowest BCUT2D eigenvalue weighted by Crippen LogP contribution is -2.34. The van der Waals surface area contributed by atoms with Gasteiger partial charge in [-0.2, -0.15) is 0 Å². The van der Waals surface area contributed by atoms with Crippen molar-refractivity contribution in [1.29, 1.82) is 0 Å². The van der Waals surface area contributed by atoms with E-state index in [4.69, 9.17) is 5.11 Å². The number of carboxylic acid groups (broad SMARTS) is 1. The third-order valence-electron chi connectivity index (χ3n) is 3.23. The quantitative estimate of drug-likeness (QED) is 0.712. The smallest absolute Gasteiger partial charge is 0.305 e. The number of rotatable bonds is 8. The average molecular weight is 243 g/mol. The molecule has 1 unspecified atom stereocenters. The molecule has 0 heterocycles. The Morgan fingerprint density at radius 2 is 1.82 bits per heavy atom. The lowest BCUT2D eigenvalue weighted by Gasteiger charge is -2.24. The predicted octanol–water partition coefficient (Wildman–Crippen LogP) is 2.38. The summed E-state index contributed by atoms with van der Waals surface area (Å²) in [5, 5.41) is 8.62. The molecule has 0 saturated carbocycles. The molecule has 0 rings (SSSR count). The summed E-state index contributed by atoms with van der Waals surface area (Å²) in [6, 6.07) is 0. The number of hydrogen-bond acceptors (Lipinski definition) is 2. The highest BCUT2D eigenvalue weighted by Gasteiger charge is 2.19.